The molecule has 0 aliphatic carbocycles. The fraction of sp³-hybridized carbons (Fsp3) is 0.350. The highest BCUT2D eigenvalue weighted by molar-refractivity contribution is 7.17. The number of ether oxygens (including phenoxy) is 1. The van der Waals surface area contributed by atoms with Gasteiger partial charge in [0.25, 0.3) is 5.91 Å². The largest absolute Gasteiger partial charge is 0.497 e. The Kier molecular flexibility index (Phi) is 4.70. The summed E-state index contributed by atoms with van der Waals surface area (Å²) in [5.41, 5.74) is 3.02. The number of thiophene rings is 1. The molecule has 0 spiro atoms. The molecule has 136 valence electrons. The van der Waals surface area contributed by atoms with Gasteiger partial charge in [0, 0.05) is 32.7 Å². The first-order chi connectivity index (χ1) is 12.7. The number of amides is 1. The highest BCUT2D eigenvalue weighted by Crippen LogP contribution is 2.28. The minimum absolute atomic E-state index is 0.129. The Balaban J connectivity index is 1.68. The predicted octanol–water partition coefficient (Wildman–Crippen LogP) is 3.15. The molecular weight excluding hydrogens is 346 g/mol. The van der Waals surface area contributed by atoms with Crippen LogP contribution in [0.25, 0.3) is 10.2 Å². The van der Waals surface area contributed by atoms with Crippen LogP contribution in [0.3, 0.4) is 0 Å². The molecule has 0 unspecified atom stereocenters. The molecule has 0 radical (unpaired) electrons. The third-order valence-corrected chi connectivity index (χ3v) is 5.86. The van der Waals surface area contributed by atoms with Crippen molar-refractivity contribution in [3.8, 4) is 5.75 Å². The number of methoxy groups -OCH3 is 1. The van der Waals surface area contributed by atoms with E-state index in [1.165, 1.54) is 0 Å². The Labute approximate surface area is 157 Å². The third-order valence-electron chi connectivity index (χ3n) is 5.01. The fourth-order valence-electron chi connectivity index (χ4n) is 3.45. The zero-order chi connectivity index (χ0) is 18.1. The molecule has 6 heteroatoms. The van der Waals surface area contributed by atoms with Gasteiger partial charge < -0.3 is 19.1 Å². The second kappa shape index (κ2) is 7.13. The number of carbonyl (C=O) groups is 1. The topological polar surface area (TPSA) is 37.7 Å². The number of hydrogen-bond donors (Lipinski definition) is 0. The molecule has 1 amide bonds. The van der Waals surface area contributed by atoms with E-state index in [4.69, 9.17) is 4.74 Å². The van der Waals surface area contributed by atoms with Crippen LogP contribution >= 0.6 is 11.3 Å². The first-order valence-corrected chi connectivity index (χ1v) is 9.71. The molecule has 3 aromatic rings. The van der Waals surface area contributed by atoms with Crippen molar-refractivity contribution in [1.29, 1.82) is 0 Å². The van der Waals surface area contributed by atoms with Crippen LogP contribution in [0.2, 0.25) is 0 Å². The van der Waals surface area contributed by atoms with Gasteiger partial charge in [-0.2, -0.15) is 0 Å². The number of rotatable bonds is 4. The van der Waals surface area contributed by atoms with E-state index in [0.29, 0.717) is 6.54 Å². The van der Waals surface area contributed by atoms with E-state index >= 15 is 0 Å². The Bertz CT molecular complexity index is 922. The van der Waals surface area contributed by atoms with Crippen molar-refractivity contribution in [3.05, 3.63) is 53.0 Å². The Morgan fingerprint density at radius 1 is 1.15 bits per heavy atom. The van der Waals surface area contributed by atoms with E-state index in [9.17, 15) is 4.79 Å². The number of hydrogen-bond acceptors (Lipinski definition) is 4. The lowest BCUT2D eigenvalue weighted by Gasteiger charge is -2.32. The fourth-order valence-corrected chi connectivity index (χ4v) is 4.27. The second-order valence-electron chi connectivity index (χ2n) is 6.73. The van der Waals surface area contributed by atoms with Crippen LogP contribution in [-0.4, -0.2) is 60.6 Å². The molecule has 0 atom stereocenters. The molecule has 0 N–H and O–H groups in total. The van der Waals surface area contributed by atoms with Gasteiger partial charge in [-0.1, -0.05) is 12.1 Å². The summed E-state index contributed by atoms with van der Waals surface area (Å²) in [6.45, 7) is 4.08. The number of fused-ring (bicyclic) bond motifs is 1. The Morgan fingerprint density at radius 3 is 2.73 bits per heavy atom. The maximum atomic E-state index is 13.2. The molecule has 1 aliphatic rings. The number of aromatic nitrogens is 1. The van der Waals surface area contributed by atoms with Crippen molar-refractivity contribution in [2.45, 2.75) is 6.54 Å². The molecule has 0 bridgehead atoms. The average Bonchev–Trinajstić information content (AvgIpc) is 3.25. The Morgan fingerprint density at radius 2 is 1.96 bits per heavy atom. The molecular formula is C20H23N3O2S. The number of benzene rings is 1. The minimum Gasteiger partial charge on any atom is -0.497 e. The SMILES string of the molecule is COc1cccc(Cn2c(C(=O)N3CCN(C)CC3)cc3sccc32)c1. The van der Waals surface area contributed by atoms with Crippen molar-refractivity contribution in [2.75, 3.05) is 40.3 Å². The van der Waals surface area contributed by atoms with Crippen LogP contribution < -0.4 is 4.74 Å². The van der Waals surface area contributed by atoms with E-state index < -0.39 is 0 Å². The number of nitrogens with zero attached hydrogens (tertiary/aromatic N) is 3. The normalized spacial score (nSPS) is 15.5. The van der Waals surface area contributed by atoms with Gasteiger partial charge >= 0.3 is 0 Å². The van der Waals surface area contributed by atoms with Crippen LogP contribution in [0.5, 0.6) is 5.75 Å². The summed E-state index contributed by atoms with van der Waals surface area (Å²) < 4.78 is 8.64. The molecule has 1 fully saturated rings. The van der Waals surface area contributed by atoms with Gasteiger partial charge in [-0.05, 0) is 42.3 Å². The molecule has 3 heterocycles. The zero-order valence-electron chi connectivity index (χ0n) is 15.1. The van der Waals surface area contributed by atoms with Crippen molar-refractivity contribution in [1.82, 2.24) is 14.4 Å². The monoisotopic (exact) mass is 369 g/mol. The summed E-state index contributed by atoms with van der Waals surface area (Å²) in [7, 11) is 3.78. The van der Waals surface area contributed by atoms with E-state index in [1.54, 1.807) is 18.4 Å². The van der Waals surface area contributed by atoms with Crippen molar-refractivity contribution in [3.63, 3.8) is 0 Å². The molecule has 26 heavy (non-hydrogen) atoms. The van der Waals surface area contributed by atoms with E-state index in [1.807, 2.05) is 29.2 Å². The number of carbonyl (C=O) groups excluding carboxylic acids is 1. The van der Waals surface area contributed by atoms with Gasteiger partial charge in [0.2, 0.25) is 0 Å². The maximum Gasteiger partial charge on any atom is 0.270 e. The van der Waals surface area contributed by atoms with Gasteiger partial charge in [0.1, 0.15) is 11.4 Å². The van der Waals surface area contributed by atoms with Gasteiger partial charge in [-0.3, -0.25) is 4.79 Å². The van der Waals surface area contributed by atoms with Gasteiger partial charge in [-0.25, -0.2) is 0 Å². The van der Waals surface area contributed by atoms with Crippen molar-refractivity contribution in [2.24, 2.45) is 0 Å². The van der Waals surface area contributed by atoms with Crippen LogP contribution in [0, 0.1) is 0 Å². The summed E-state index contributed by atoms with van der Waals surface area (Å²) in [5, 5.41) is 2.08. The standard InChI is InChI=1S/C20H23N3O2S/c1-21-7-9-22(10-8-21)20(24)18-13-19-17(6-11-26-19)23(18)14-15-4-3-5-16(12-15)25-2/h3-6,11-13H,7-10,14H2,1-2H3. The quantitative estimate of drug-likeness (QED) is 0.709. The van der Waals surface area contributed by atoms with E-state index in [-0.39, 0.29) is 5.91 Å². The minimum atomic E-state index is 0.129. The summed E-state index contributed by atoms with van der Waals surface area (Å²) in [6, 6.07) is 12.2. The van der Waals surface area contributed by atoms with E-state index in [2.05, 4.69) is 34.0 Å². The molecule has 0 saturated carbocycles. The number of likely N-dealkylation sites (N-methyl/N-ethyl adjacent to an activating group) is 1. The summed E-state index contributed by atoms with van der Waals surface area (Å²) in [5.74, 6) is 0.965. The van der Waals surface area contributed by atoms with Gasteiger partial charge in [0.05, 0.1) is 17.3 Å². The molecule has 2 aromatic heterocycles. The van der Waals surface area contributed by atoms with Crippen LogP contribution in [0.1, 0.15) is 16.1 Å². The molecule has 4 rings (SSSR count). The van der Waals surface area contributed by atoms with Gasteiger partial charge in [-0.15, -0.1) is 11.3 Å². The number of piperazine rings is 1. The smallest absolute Gasteiger partial charge is 0.270 e. The summed E-state index contributed by atoms with van der Waals surface area (Å²) in [6.07, 6.45) is 0. The highest BCUT2D eigenvalue weighted by Gasteiger charge is 2.24. The van der Waals surface area contributed by atoms with Crippen molar-refractivity contribution < 1.29 is 9.53 Å². The molecule has 1 saturated heterocycles. The van der Waals surface area contributed by atoms with Crippen LogP contribution in [0.4, 0.5) is 0 Å². The molecule has 1 aliphatic heterocycles. The third kappa shape index (κ3) is 3.22. The average molecular weight is 369 g/mol. The highest BCUT2D eigenvalue weighted by atomic mass is 32.1. The lowest BCUT2D eigenvalue weighted by Crippen LogP contribution is -2.47. The summed E-state index contributed by atoms with van der Waals surface area (Å²) in [4.78, 5) is 17.4. The van der Waals surface area contributed by atoms with E-state index in [0.717, 1.165) is 53.4 Å². The Hall–Kier alpha value is -2.31. The van der Waals surface area contributed by atoms with Crippen molar-refractivity contribution >= 4 is 27.5 Å². The van der Waals surface area contributed by atoms with Gasteiger partial charge in [0.15, 0.2) is 0 Å². The molecule has 1 aromatic carbocycles. The first-order valence-electron chi connectivity index (χ1n) is 8.83. The second-order valence-corrected chi connectivity index (χ2v) is 7.68. The lowest BCUT2D eigenvalue weighted by molar-refractivity contribution is 0.0654. The first kappa shape index (κ1) is 17.1. The zero-order valence-corrected chi connectivity index (χ0v) is 16.0. The molecule has 5 nitrogen and oxygen atoms in total. The summed E-state index contributed by atoms with van der Waals surface area (Å²) >= 11 is 1.68. The van der Waals surface area contributed by atoms with Crippen LogP contribution in [-0.2, 0) is 6.54 Å². The maximum absolute atomic E-state index is 13.2. The predicted molar refractivity (Wildman–Crippen MR) is 105 cm³/mol. The van der Waals surface area contributed by atoms with Crippen LogP contribution in [0.15, 0.2) is 41.8 Å². The lowest BCUT2D eigenvalue weighted by atomic mass is 10.2.